The Bertz CT molecular complexity index is 1120. The molecule has 0 aromatic heterocycles. The number of carbonyl (C=O) groups excluding carboxylic acids is 1. The number of aromatic hydroxyl groups is 1. The number of thioether (sulfide) groups is 1. The van der Waals surface area contributed by atoms with E-state index in [1.165, 1.54) is 12.1 Å². The highest BCUT2D eigenvalue weighted by atomic mass is 127. The number of ketones is 1. The third kappa shape index (κ3) is 7.61. The van der Waals surface area contributed by atoms with Crippen LogP contribution in [0.1, 0.15) is 60.7 Å². The summed E-state index contributed by atoms with van der Waals surface area (Å²) in [6.07, 6.45) is 3.65. The summed E-state index contributed by atoms with van der Waals surface area (Å²) >= 11 is 3.16. The van der Waals surface area contributed by atoms with E-state index in [0.717, 1.165) is 41.0 Å². The van der Waals surface area contributed by atoms with E-state index >= 15 is 4.39 Å². The van der Waals surface area contributed by atoms with Gasteiger partial charge in [0.25, 0.3) is 0 Å². The van der Waals surface area contributed by atoms with Gasteiger partial charge in [0.1, 0.15) is 11.5 Å². The van der Waals surface area contributed by atoms with Crippen LogP contribution in [0.2, 0.25) is 0 Å². The summed E-state index contributed by atoms with van der Waals surface area (Å²) in [5.74, 6) is -0.365. The zero-order valence-electron chi connectivity index (χ0n) is 19.9. The van der Waals surface area contributed by atoms with Crippen LogP contribution in [-0.4, -0.2) is 24.1 Å². The quantitative estimate of drug-likeness (QED) is 0.0918. The topological polar surface area (TPSA) is 55.8 Å². The van der Waals surface area contributed by atoms with Crippen LogP contribution in [0.15, 0.2) is 65.6 Å². The number of hydrogen-bond donors (Lipinski definition) is 1. The molecular weight excluding hydrogens is 578 g/mol. The Morgan fingerprint density at radius 1 is 1.00 bits per heavy atom. The highest BCUT2D eigenvalue weighted by Gasteiger charge is 2.28. The van der Waals surface area contributed by atoms with Gasteiger partial charge in [-0.2, -0.15) is 0 Å². The molecule has 0 saturated carbocycles. The number of rotatable bonds is 13. The first-order valence-electron chi connectivity index (χ1n) is 11.8. The standard InChI is InChI=1S/C28H30FIO4S/c1-3-5-16-33-22-9-7-8-20(18-22)27(26(32)19-10-12-21(30)13-11-19)35-28-23(31)14-15-24(25(28)29)34-17-6-4-2/h7-15,18,27,31H,3-6,16-17H2,1-2H3. The molecule has 1 N–H and O–H groups in total. The second-order valence-electron chi connectivity index (χ2n) is 8.07. The van der Waals surface area contributed by atoms with Gasteiger partial charge < -0.3 is 14.6 Å². The molecule has 3 aromatic rings. The molecular formula is C28H30FIO4S. The molecule has 0 aliphatic rings. The van der Waals surface area contributed by atoms with Crippen molar-refractivity contribution < 1.29 is 23.8 Å². The lowest BCUT2D eigenvalue weighted by Crippen LogP contribution is -2.11. The molecule has 0 amide bonds. The molecule has 0 saturated heterocycles. The third-order valence-corrected chi connectivity index (χ3v) is 7.39. The predicted octanol–water partition coefficient (Wildman–Crippen LogP) is 8.21. The zero-order valence-corrected chi connectivity index (χ0v) is 22.9. The molecule has 0 aliphatic carbocycles. The lowest BCUT2D eigenvalue weighted by atomic mass is 10.0. The van der Waals surface area contributed by atoms with Crippen molar-refractivity contribution >= 4 is 40.1 Å². The van der Waals surface area contributed by atoms with Crippen molar-refractivity contribution in [3.05, 3.63) is 81.2 Å². The number of phenolic OH excluding ortho intramolecular Hbond substituents is 1. The Balaban J connectivity index is 1.98. The maximum absolute atomic E-state index is 15.4. The fourth-order valence-electron chi connectivity index (χ4n) is 3.34. The monoisotopic (exact) mass is 608 g/mol. The van der Waals surface area contributed by atoms with E-state index in [1.807, 2.05) is 43.3 Å². The number of benzene rings is 3. The summed E-state index contributed by atoms with van der Waals surface area (Å²) in [4.78, 5) is 13.6. The van der Waals surface area contributed by atoms with Crippen LogP contribution in [0.25, 0.3) is 0 Å². The van der Waals surface area contributed by atoms with E-state index in [2.05, 4.69) is 29.5 Å². The van der Waals surface area contributed by atoms with Gasteiger partial charge in [-0.3, -0.25) is 4.79 Å². The maximum atomic E-state index is 15.4. The molecule has 0 radical (unpaired) electrons. The summed E-state index contributed by atoms with van der Waals surface area (Å²) in [6, 6.07) is 17.4. The second kappa shape index (κ2) is 13.7. The van der Waals surface area contributed by atoms with Gasteiger partial charge in [-0.25, -0.2) is 4.39 Å². The van der Waals surface area contributed by atoms with Crippen LogP contribution >= 0.6 is 34.4 Å². The van der Waals surface area contributed by atoms with Gasteiger partial charge >= 0.3 is 0 Å². The van der Waals surface area contributed by atoms with E-state index < -0.39 is 11.1 Å². The van der Waals surface area contributed by atoms with Crippen molar-refractivity contribution in [1.29, 1.82) is 0 Å². The molecule has 186 valence electrons. The maximum Gasteiger partial charge on any atom is 0.182 e. The molecule has 0 bridgehead atoms. The summed E-state index contributed by atoms with van der Waals surface area (Å²) in [5.41, 5.74) is 1.18. The van der Waals surface area contributed by atoms with E-state index in [0.29, 0.717) is 30.1 Å². The summed E-state index contributed by atoms with van der Waals surface area (Å²) in [6.45, 7) is 5.08. The van der Waals surface area contributed by atoms with E-state index in [-0.39, 0.29) is 22.2 Å². The lowest BCUT2D eigenvalue weighted by molar-refractivity contribution is 0.0989. The van der Waals surface area contributed by atoms with Gasteiger partial charge in [0, 0.05) is 9.13 Å². The van der Waals surface area contributed by atoms with Crippen molar-refractivity contribution in [2.75, 3.05) is 13.2 Å². The van der Waals surface area contributed by atoms with E-state index in [1.54, 1.807) is 12.1 Å². The predicted molar refractivity (Wildman–Crippen MR) is 147 cm³/mol. The van der Waals surface area contributed by atoms with Crippen LogP contribution in [-0.2, 0) is 0 Å². The minimum absolute atomic E-state index is 0.0137. The fourth-order valence-corrected chi connectivity index (χ4v) is 4.85. The number of unbranched alkanes of at least 4 members (excludes halogenated alkanes) is 2. The second-order valence-corrected chi connectivity index (χ2v) is 10.4. The molecule has 3 rings (SSSR count). The largest absolute Gasteiger partial charge is 0.507 e. The van der Waals surface area contributed by atoms with Gasteiger partial charge in [-0.1, -0.05) is 51.0 Å². The van der Waals surface area contributed by atoms with Crippen LogP contribution in [0.4, 0.5) is 4.39 Å². The Hall–Kier alpha value is -2.26. The molecule has 1 atom stereocenters. The molecule has 35 heavy (non-hydrogen) atoms. The highest BCUT2D eigenvalue weighted by Crippen LogP contribution is 2.45. The van der Waals surface area contributed by atoms with Crippen molar-refractivity contribution in [3.8, 4) is 17.2 Å². The van der Waals surface area contributed by atoms with Crippen molar-refractivity contribution in [2.24, 2.45) is 0 Å². The minimum atomic E-state index is -0.795. The molecule has 0 spiro atoms. The van der Waals surface area contributed by atoms with Crippen LogP contribution in [0, 0.1) is 9.39 Å². The van der Waals surface area contributed by atoms with Crippen molar-refractivity contribution in [3.63, 3.8) is 0 Å². The van der Waals surface area contributed by atoms with Gasteiger partial charge in [-0.05, 0) is 77.4 Å². The Kier molecular flexibility index (Phi) is 10.7. The zero-order chi connectivity index (χ0) is 25.2. The normalized spacial score (nSPS) is 11.8. The Morgan fingerprint density at radius 2 is 1.69 bits per heavy atom. The highest BCUT2D eigenvalue weighted by molar-refractivity contribution is 14.1. The molecule has 0 heterocycles. The number of halogens is 2. The van der Waals surface area contributed by atoms with Gasteiger partial charge in [-0.15, -0.1) is 11.8 Å². The Labute approximate surface area is 224 Å². The number of ether oxygens (including phenoxy) is 2. The van der Waals surface area contributed by atoms with Gasteiger partial charge in [0.15, 0.2) is 17.3 Å². The molecule has 1 unspecified atom stereocenters. The smallest absolute Gasteiger partial charge is 0.182 e. The van der Waals surface area contributed by atoms with Gasteiger partial charge in [0.05, 0.1) is 23.4 Å². The Morgan fingerprint density at radius 3 is 2.37 bits per heavy atom. The fraction of sp³-hybridized carbons (Fsp3) is 0.321. The average molecular weight is 609 g/mol. The number of carbonyl (C=O) groups is 1. The number of hydrogen-bond acceptors (Lipinski definition) is 5. The molecule has 0 fully saturated rings. The van der Waals surface area contributed by atoms with Crippen LogP contribution in [0.3, 0.4) is 0 Å². The first-order chi connectivity index (χ1) is 16.9. The van der Waals surface area contributed by atoms with Crippen LogP contribution in [0.5, 0.6) is 17.2 Å². The summed E-state index contributed by atoms with van der Waals surface area (Å²) in [7, 11) is 0. The first kappa shape index (κ1) is 27.3. The number of phenols is 1. The summed E-state index contributed by atoms with van der Waals surface area (Å²) < 4.78 is 27.8. The molecule has 4 nitrogen and oxygen atoms in total. The summed E-state index contributed by atoms with van der Waals surface area (Å²) in [5, 5.41) is 9.72. The molecule has 3 aromatic carbocycles. The minimum Gasteiger partial charge on any atom is -0.507 e. The van der Waals surface area contributed by atoms with Crippen molar-refractivity contribution in [1.82, 2.24) is 0 Å². The van der Waals surface area contributed by atoms with E-state index in [4.69, 9.17) is 9.47 Å². The van der Waals surface area contributed by atoms with E-state index in [9.17, 15) is 9.90 Å². The van der Waals surface area contributed by atoms with Crippen LogP contribution < -0.4 is 9.47 Å². The SMILES string of the molecule is CCCCOc1cccc(C(Sc2c(O)ccc(OCCCC)c2F)C(=O)c2ccc(I)cc2)c1. The lowest BCUT2D eigenvalue weighted by Gasteiger charge is -2.19. The molecule has 7 heteroatoms. The third-order valence-electron chi connectivity index (χ3n) is 5.33. The molecule has 0 aliphatic heterocycles. The average Bonchev–Trinajstić information content (AvgIpc) is 2.86. The first-order valence-corrected chi connectivity index (χ1v) is 13.7. The number of Topliss-reactive ketones (excluding diaryl/α,β-unsaturated/α-hetero) is 1. The van der Waals surface area contributed by atoms with Crippen molar-refractivity contribution in [2.45, 2.75) is 49.7 Å². The van der Waals surface area contributed by atoms with Gasteiger partial charge in [0.2, 0.25) is 0 Å².